The van der Waals surface area contributed by atoms with Crippen LogP contribution in [-0.2, 0) is 61.8 Å². The van der Waals surface area contributed by atoms with Gasteiger partial charge in [0.15, 0.2) is 17.2 Å². The molecule has 1 unspecified atom stereocenters. The quantitative estimate of drug-likeness (QED) is 0.0886. The first-order valence-corrected chi connectivity index (χ1v) is 24.2. The van der Waals surface area contributed by atoms with Crippen LogP contribution < -0.4 is 5.32 Å². The average Bonchev–Trinajstić information content (AvgIpc) is 3.68. The smallest absolute Gasteiger partial charge is 0.455 e. The number of unbranched alkanes of at least 4 members (excludes halogenated alkanes) is 2. The minimum Gasteiger partial charge on any atom is -0.455 e. The van der Waals surface area contributed by atoms with E-state index < -0.39 is 106 Å². The molecular weight excluding hydrogens is 883 g/mol. The number of ether oxygens (including phenoxy) is 10. The third-order valence-corrected chi connectivity index (χ3v) is 15.1. The zero-order valence-corrected chi connectivity index (χ0v) is 42.1. The Morgan fingerprint density at radius 2 is 1.63 bits per heavy atom. The summed E-state index contributed by atoms with van der Waals surface area (Å²) in [6.07, 6.45) is -3.45. The van der Waals surface area contributed by atoms with Crippen molar-refractivity contribution in [3.05, 3.63) is 47.0 Å². The largest absolute Gasteiger partial charge is 0.509 e. The number of fused-ring (bicyclic) bond motifs is 5. The van der Waals surface area contributed by atoms with Crippen molar-refractivity contribution in [2.24, 2.45) is 16.7 Å². The summed E-state index contributed by atoms with van der Waals surface area (Å²) in [6.45, 7) is 17.5. The summed E-state index contributed by atoms with van der Waals surface area (Å²) in [5.74, 6) is -3.66. The van der Waals surface area contributed by atoms with Crippen molar-refractivity contribution in [1.29, 1.82) is 0 Å². The summed E-state index contributed by atoms with van der Waals surface area (Å²) in [6, 6.07) is 7.03. The second-order valence-corrected chi connectivity index (χ2v) is 21.0. The number of rotatable bonds is 17. The summed E-state index contributed by atoms with van der Waals surface area (Å²) in [5, 5.41) is 16.0. The van der Waals surface area contributed by atoms with Gasteiger partial charge in [-0.15, -0.1) is 0 Å². The molecule has 3 aliphatic carbocycles. The Balaban J connectivity index is 1.37. The van der Waals surface area contributed by atoms with Crippen molar-refractivity contribution in [1.82, 2.24) is 5.32 Å². The van der Waals surface area contributed by atoms with E-state index in [1.807, 2.05) is 13.8 Å². The molecule has 4 fully saturated rings. The monoisotopic (exact) mass is 958 g/mol. The summed E-state index contributed by atoms with van der Waals surface area (Å²) in [7, 11) is 2.91. The Morgan fingerprint density at radius 1 is 0.971 bits per heavy atom. The Hall–Kier alpha value is -4.13. The highest BCUT2D eigenvalue weighted by Gasteiger charge is 2.74. The van der Waals surface area contributed by atoms with Crippen molar-refractivity contribution in [2.75, 3.05) is 34.0 Å². The fourth-order valence-electron chi connectivity index (χ4n) is 11.4. The van der Waals surface area contributed by atoms with Crippen LogP contribution in [0.1, 0.15) is 139 Å². The molecule has 1 amide bonds. The van der Waals surface area contributed by atoms with Crippen LogP contribution in [0, 0.1) is 16.7 Å². The van der Waals surface area contributed by atoms with E-state index in [1.54, 1.807) is 65.0 Å². The molecule has 0 radical (unpaired) electrons. The van der Waals surface area contributed by atoms with Gasteiger partial charge in [0.25, 0.3) is 0 Å². The van der Waals surface area contributed by atoms with Gasteiger partial charge in [-0.2, -0.15) is 0 Å². The molecule has 2 aliphatic heterocycles. The lowest BCUT2D eigenvalue weighted by atomic mass is 9.46. The normalized spacial score (nSPS) is 32.5. The first-order chi connectivity index (χ1) is 31.9. The zero-order valence-electron chi connectivity index (χ0n) is 42.1. The molecule has 6 rings (SSSR count). The van der Waals surface area contributed by atoms with Crippen LogP contribution in [0.4, 0.5) is 9.59 Å². The molecule has 0 aromatic heterocycles. The molecule has 2 N–H and O–H groups in total. The van der Waals surface area contributed by atoms with Crippen LogP contribution >= 0.6 is 0 Å². The number of nitrogens with one attached hydrogen (secondary N) is 1. The molecule has 5 aliphatic rings. The van der Waals surface area contributed by atoms with Crippen LogP contribution in [0.25, 0.3) is 0 Å². The Bertz CT molecular complexity index is 2020. The van der Waals surface area contributed by atoms with Gasteiger partial charge in [-0.25, -0.2) is 14.4 Å². The summed E-state index contributed by atoms with van der Waals surface area (Å²) in [4.78, 5) is 70.6. The third kappa shape index (κ3) is 10.3. The van der Waals surface area contributed by atoms with Crippen LogP contribution in [0.15, 0.2) is 41.5 Å². The van der Waals surface area contributed by atoms with Gasteiger partial charge in [-0.05, 0) is 70.6 Å². The highest BCUT2D eigenvalue weighted by atomic mass is 16.8. The number of Topliss-reactive ketones (excluding diaryl/α,β-unsaturated/α-hetero) is 1. The maximum absolute atomic E-state index is 15.3. The number of hydrogen-bond donors (Lipinski definition) is 2. The minimum atomic E-state index is -1.89. The third-order valence-electron chi connectivity index (χ3n) is 15.1. The van der Waals surface area contributed by atoms with E-state index in [4.69, 9.17) is 47.4 Å². The van der Waals surface area contributed by atoms with Gasteiger partial charge in [0, 0.05) is 58.2 Å². The number of amides is 1. The van der Waals surface area contributed by atoms with Gasteiger partial charge in [0.2, 0.25) is 6.10 Å². The fraction of sp³-hybridized carbons (Fsp3) is 0.745. The molecule has 380 valence electrons. The summed E-state index contributed by atoms with van der Waals surface area (Å²) < 4.78 is 60.3. The SMILES string of the molecule is CCCCC1(CCCC)OCC(COC(=O)O[C@@H](C(=O)O[C@H]2C[C@@]3(O)C[C@@H]4[C@]5(OC(C)=O)CO[C@@H]5C[C@H](OC)[C@@]4(C)C(=O)[C@H](OC)C(=C2C)C3(C)C)[C@@H](NC(=O)OC(C)(C)C)c2ccccc2)O1. The van der Waals surface area contributed by atoms with Crippen molar-refractivity contribution in [3.63, 3.8) is 0 Å². The molecule has 17 heteroatoms. The Morgan fingerprint density at radius 3 is 2.19 bits per heavy atom. The lowest BCUT2D eigenvalue weighted by molar-refractivity contribution is -0.329. The standard InChI is InChI=1S/C51H75NO16/c1-13-15-22-50(23-16-14-2)63-28-33(67-50)27-61-45(57)65-41(39(32-20-18-17-19-21-32)52-44(56)68-46(5,6)7)43(55)64-34-25-49(58)26-35-48(10,42(54)40(60-12)38(30(34)3)47(49,8)9)36(59-11)24-37-51(35,29-62-37)66-31(4)53/h17-21,33-37,39-41,58H,13-16,22-29H2,1-12H3,(H,52,56)/t33?,34-,35-,36-,37+,39-,40+,41+,48-,49+,51+/m0/s1. The van der Waals surface area contributed by atoms with Gasteiger partial charge in [-0.3, -0.25) is 9.59 Å². The number of ketones is 1. The molecule has 2 bridgehead atoms. The van der Waals surface area contributed by atoms with Gasteiger partial charge in [-0.1, -0.05) is 70.9 Å². The van der Waals surface area contributed by atoms with E-state index >= 15 is 9.59 Å². The number of benzene rings is 1. The van der Waals surface area contributed by atoms with E-state index in [2.05, 4.69) is 19.2 Å². The molecule has 2 saturated carbocycles. The number of carbonyl (C=O) groups is 5. The molecule has 1 aromatic rings. The fourth-order valence-corrected chi connectivity index (χ4v) is 11.4. The van der Waals surface area contributed by atoms with Crippen molar-refractivity contribution in [3.8, 4) is 0 Å². The Labute approximate surface area is 400 Å². The van der Waals surface area contributed by atoms with Gasteiger partial charge in [0.05, 0.1) is 30.3 Å². The number of hydrogen-bond acceptors (Lipinski definition) is 16. The van der Waals surface area contributed by atoms with Crippen LogP contribution in [0.5, 0.6) is 0 Å². The minimum absolute atomic E-state index is 0.00532. The number of methoxy groups -OCH3 is 2. The second kappa shape index (κ2) is 20.7. The van der Waals surface area contributed by atoms with Crippen LogP contribution in [-0.4, -0.2) is 128 Å². The zero-order chi connectivity index (χ0) is 50.0. The Kier molecular flexibility index (Phi) is 16.2. The number of carbonyl (C=O) groups excluding carboxylic acids is 5. The molecule has 1 aromatic carbocycles. The molecular formula is C51H75NO16. The van der Waals surface area contributed by atoms with Crippen LogP contribution in [0.2, 0.25) is 0 Å². The maximum Gasteiger partial charge on any atom is 0.509 e. The first-order valence-electron chi connectivity index (χ1n) is 24.2. The van der Waals surface area contributed by atoms with Crippen molar-refractivity contribution < 1.29 is 76.4 Å². The maximum atomic E-state index is 15.3. The van der Waals surface area contributed by atoms with Crippen molar-refractivity contribution in [2.45, 2.75) is 192 Å². The molecule has 2 heterocycles. The molecule has 0 spiro atoms. The van der Waals surface area contributed by atoms with E-state index in [9.17, 15) is 19.5 Å². The van der Waals surface area contributed by atoms with Gasteiger partial charge < -0.3 is 57.8 Å². The average molecular weight is 958 g/mol. The second-order valence-electron chi connectivity index (χ2n) is 21.0. The molecule has 68 heavy (non-hydrogen) atoms. The predicted octanol–water partition coefficient (Wildman–Crippen LogP) is 7.39. The topological polar surface area (TPSA) is 210 Å². The van der Waals surface area contributed by atoms with E-state index in [0.29, 0.717) is 29.6 Å². The highest BCUT2D eigenvalue weighted by molar-refractivity contribution is 5.93. The molecule has 17 nitrogen and oxygen atoms in total. The van der Waals surface area contributed by atoms with Gasteiger partial charge in [0.1, 0.15) is 42.7 Å². The lowest BCUT2D eigenvalue weighted by Gasteiger charge is -2.66. The number of alkyl carbamates (subject to hydrolysis) is 1. The van der Waals surface area contributed by atoms with E-state index in [0.717, 1.165) is 25.7 Å². The molecule has 2 saturated heterocycles. The van der Waals surface area contributed by atoms with Crippen LogP contribution in [0.3, 0.4) is 0 Å². The first kappa shape index (κ1) is 53.2. The van der Waals surface area contributed by atoms with Gasteiger partial charge >= 0.3 is 24.2 Å². The number of aliphatic hydroxyl groups is 1. The predicted molar refractivity (Wildman–Crippen MR) is 245 cm³/mol. The highest BCUT2D eigenvalue weighted by Crippen LogP contribution is 2.64. The number of esters is 2. The van der Waals surface area contributed by atoms with Crippen molar-refractivity contribution >= 4 is 30.0 Å². The van der Waals surface area contributed by atoms with E-state index in [-0.39, 0.29) is 44.9 Å². The summed E-state index contributed by atoms with van der Waals surface area (Å²) in [5.41, 5.74) is -5.31. The molecule has 11 atom stereocenters. The lowest BCUT2D eigenvalue weighted by Crippen LogP contribution is -2.77. The summed E-state index contributed by atoms with van der Waals surface area (Å²) >= 11 is 0. The van der Waals surface area contributed by atoms with E-state index in [1.165, 1.54) is 21.1 Å².